The highest BCUT2D eigenvalue weighted by Gasteiger charge is 2.37. The van der Waals surface area contributed by atoms with Crippen molar-refractivity contribution >= 4 is 29.6 Å². The highest BCUT2D eigenvalue weighted by molar-refractivity contribution is 6.39. The summed E-state index contributed by atoms with van der Waals surface area (Å²) in [5, 5.41) is 2.18. The molecule has 1 fully saturated rings. The average Bonchev–Trinajstić information content (AvgIpc) is 2.71. The lowest BCUT2D eigenvalue weighted by atomic mass is 10.1. The van der Waals surface area contributed by atoms with Crippen LogP contribution in [0.5, 0.6) is 17.2 Å². The molecule has 8 heteroatoms. The van der Waals surface area contributed by atoms with E-state index in [1.54, 1.807) is 36.4 Å². The van der Waals surface area contributed by atoms with Crippen molar-refractivity contribution in [1.29, 1.82) is 0 Å². The van der Waals surface area contributed by atoms with Gasteiger partial charge in [0.25, 0.3) is 11.8 Å². The van der Waals surface area contributed by atoms with Gasteiger partial charge >= 0.3 is 6.03 Å². The van der Waals surface area contributed by atoms with E-state index >= 15 is 0 Å². The Morgan fingerprint density at radius 3 is 2.29 bits per heavy atom. The van der Waals surface area contributed by atoms with Gasteiger partial charge in [-0.05, 0) is 30.3 Å². The number of carbonyl (C=O) groups excluding carboxylic acids is 3. The number of nitrogens with one attached hydrogen (secondary N) is 1. The Balaban J connectivity index is 2.04. The zero-order valence-corrected chi connectivity index (χ0v) is 15.5. The quantitative estimate of drug-likeness (QED) is 0.630. The number of barbiturate groups is 1. The molecule has 28 heavy (non-hydrogen) atoms. The molecule has 1 aliphatic heterocycles. The van der Waals surface area contributed by atoms with Crippen molar-refractivity contribution in [3.05, 3.63) is 53.6 Å². The second-order valence-corrected chi connectivity index (χ2v) is 5.77. The van der Waals surface area contributed by atoms with E-state index in [1.807, 2.05) is 0 Å². The maximum Gasteiger partial charge on any atom is 0.335 e. The van der Waals surface area contributed by atoms with Crippen LogP contribution >= 0.6 is 0 Å². The summed E-state index contributed by atoms with van der Waals surface area (Å²) in [4.78, 5) is 38.4. The number of benzene rings is 2. The SMILES string of the molecule is COc1cccc(N2C(=O)NC(=O)/C(=C\c3ccc(OC)cc3OC)C2=O)c1. The molecule has 0 aliphatic carbocycles. The van der Waals surface area contributed by atoms with Crippen LogP contribution in [0, 0.1) is 0 Å². The van der Waals surface area contributed by atoms with Crippen molar-refractivity contribution in [3.63, 3.8) is 0 Å². The predicted molar refractivity (Wildman–Crippen MR) is 102 cm³/mol. The predicted octanol–water partition coefficient (Wildman–Crippen LogP) is 2.38. The maximum absolute atomic E-state index is 12.9. The van der Waals surface area contributed by atoms with Gasteiger partial charge in [0.05, 0.1) is 27.0 Å². The molecular weight excluding hydrogens is 364 g/mol. The molecule has 0 aromatic heterocycles. The van der Waals surface area contributed by atoms with E-state index in [0.29, 0.717) is 22.8 Å². The molecule has 0 radical (unpaired) electrons. The zero-order chi connectivity index (χ0) is 20.3. The van der Waals surface area contributed by atoms with Gasteiger partial charge in [-0.2, -0.15) is 0 Å². The fourth-order valence-corrected chi connectivity index (χ4v) is 2.73. The minimum atomic E-state index is -0.831. The van der Waals surface area contributed by atoms with Gasteiger partial charge in [0.15, 0.2) is 0 Å². The van der Waals surface area contributed by atoms with Gasteiger partial charge in [0.1, 0.15) is 22.8 Å². The van der Waals surface area contributed by atoms with Crippen molar-refractivity contribution in [1.82, 2.24) is 5.32 Å². The lowest BCUT2D eigenvalue weighted by molar-refractivity contribution is -0.122. The number of nitrogens with zero attached hydrogens (tertiary/aromatic N) is 1. The zero-order valence-electron chi connectivity index (χ0n) is 15.5. The van der Waals surface area contributed by atoms with Crippen LogP contribution in [-0.2, 0) is 9.59 Å². The molecule has 1 saturated heterocycles. The first kappa shape index (κ1) is 19.0. The van der Waals surface area contributed by atoms with Crippen molar-refractivity contribution in [2.24, 2.45) is 0 Å². The minimum absolute atomic E-state index is 0.203. The van der Waals surface area contributed by atoms with Crippen molar-refractivity contribution in [2.45, 2.75) is 0 Å². The number of imide groups is 2. The molecule has 0 atom stereocenters. The number of carbonyl (C=O) groups is 3. The minimum Gasteiger partial charge on any atom is -0.497 e. The molecule has 4 amide bonds. The monoisotopic (exact) mass is 382 g/mol. The third-order valence-corrected chi connectivity index (χ3v) is 4.15. The highest BCUT2D eigenvalue weighted by Crippen LogP contribution is 2.29. The van der Waals surface area contributed by atoms with E-state index < -0.39 is 17.8 Å². The van der Waals surface area contributed by atoms with Crippen molar-refractivity contribution in [2.75, 3.05) is 26.2 Å². The summed E-state index contributed by atoms with van der Waals surface area (Å²) < 4.78 is 15.6. The molecule has 3 rings (SSSR count). The number of ether oxygens (including phenoxy) is 3. The van der Waals surface area contributed by atoms with Crippen LogP contribution in [0.3, 0.4) is 0 Å². The summed E-state index contributed by atoms with van der Waals surface area (Å²) in [6, 6.07) is 10.5. The molecule has 2 aromatic carbocycles. The average molecular weight is 382 g/mol. The molecule has 0 bridgehead atoms. The van der Waals surface area contributed by atoms with Crippen LogP contribution in [-0.4, -0.2) is 39.2 Å². The number of hydrogen-bond acceptors (Lipinski definition) is 6. The van der Waals surface area contributed by atoms with Gasteiger partial charge in [0.2, 0.25) is 0 Å². The van der Waals surface area contributed by atoms with Crippen LogP contribution in [0.1, 0.15) is 5.56 Å². The molecule has 1 aliphatic rings. The van der Waals surface area contributed by atoms with E-state index in [1.165, 1.54) is 33.5 Å². The van der Waals surface area contributed by atoms with Gasteiger partial charge in [-0.15, -0.1) is 0 Å². The first-order valence-corrected chi connectivity index (χ1v) is 8.26. The van der Waals surface area contributed by atoms with E-state index in [0.717, 1.165) is 4.90 Å². The van der Waals surface area contributed by atoms with Crippen LogP contribution in [0.15, 0.2) is 48.0 Å². The highest BCUT2D eigenvalue weighted by atomic mass is 16.5. The summed E-state index contributed by atoms with van der Waals surface area (Å²) in [5.41, 5.74) is 0.564. The molecule has 0 unspecified atom stereocenters. The van der Waals surface area contributed by atoms with Gasteiger partial charge < -0.3 is 14.2 Å². The smallest absolute Gasteiger partial charge is 0.335 e. The fourth-order valence-electron chi connectivity index (χ4n) is 2.73. The summed E-state index contributed by atoms with van der Waals surface area (Å²) >= 11 is 0. The van der Waals surface area contributed by atoms with E-state index in [4.69, 9.17) is 14.2 Å². The fraction of sp³-hybridized carbons (Fsp3) is 0.150. The Labute approximate surface area is 161 Å². The lowest BCUT2D eigenvalue weighted by Gasteiger charge is -2.26. The number of methoxy groups -OCH3 is 3. The number of rotatable bonds is 5. The van der Waals surface area contributed by atoms with Crippen molar-refractivity contribution in [3.8, 4) is 17.2 Å². The number of amides is 4. The normalized spacial score (nSPS) is 15.5. The molecule has 0 spiro atoms. The third kappa shape index (κ3) is 3.52. The lowest BCUT2D eigenvalue weighted by Crippen LogP contribution is -2.54. The summed E-state index contributed by atoms with van der Waals surface area (Å²) in [6.45, 7) is 0. The maximum atomic E-state index is 12.9. The second kappa shape index (κ2) is 7.83. The Morgan fingerprint density at radius 1 is 0.893 bits per heavy atom. The topological polar surface area (TPSA) is 94.2 Å². The number of hydrogen-bond donors (Lipinski definition) is 1. The number of urea groups is 1. The van der Waals surface area contributed by atoms with Crippen LogP contribution in [0.25, 0.3) is 6.08 Å². The summed E-state index contributed by atoms with van der Waals surface area (Å²) in [5.74, 6) is -0.0897. The number of anilines is 1. The summed E-state index contributed by atoms with van der Waals surface area (Å²) in [6.07, 6.45) is 1.37. The van der Waals surface area contributed by atoms with E-state index in [2.05, 4.69) is 5.32 Å². The molecule has 0 saturated carbocycles. The second-order valence-electron chi connectivity index (χ2n) is 5.77. The Morgan fingerprint density at radius 2 is 1.61 bits per heavy atom. The van der Waals surface area contributed by atoms with E-state index in [9.17, 15) is 14.4 Å². The van der Waals surface area contributed by atoms with Gasteiger partial charge in [-0.3, -0.25) is 14.9 Å². The standard InChI is InChI=1S/C20H18N2O6/c1-26-14-6-4-5-13(10-14)22-19(24)16(18(23)21-20(22)25)9-12-7-8-15(27-2)11-17(12)28-3/h4-11H,1-3H3,(H,21,23,25)/b16-9+. The Kier molecular flexibility index (Phi) is 5.30. The molecule has 2 aromatic rings. The molecular formula is C20H18N2O6. The third-order valence-electron chi connectivity index (χ3n) is 4.15. The van der Waals surface area contributed by atoms with Gasteiger partial charge in [-0.25, -0.2) is 9.69 Å². The molecule has 1 N–H and O–H groups in total. The Hall–Kier alpha value is -3.81. The van der Waals surface area contributed by atoms with Crippen molar-refractivity contribution < 1.29 is 28.6 Å². The van der Waals surface area contributed by atoms with Crippen LogP contribution in [0.4, 0.5) is 10.5 Å². The van der Waals surface area contributed by atoms with Crippen LogP contribution < -0.4 is 24.4 Å². The first-order valence-electron chi connectivity index (χ1n) is 8.26. The van der Waals surface area contributed by atoms with Gasteiger partial charge in [-0.1, -0.05) is 6.07 Å². The molecule has 144 valence electrons. The molecule has 1 heterocycles. The Bertz CT molecular complexity index is 982. The van der Waals surface area contributed by atoms with Crippen LogP contribution in [0.2, 0.25) is 0 Å². The first-order chi connectivity index (χ1) is 13.5. The van der Waals surface area contributed by atoms with E-state index in [-0.39, 0.29) is 11.3 Å². The molecule has 8 nitrogen and oxygen atoms in total. The largest absolute Gasteiger partial charge is 0.497 e. The van der Waals surface area contributed by atoms with Gasteiger partial charge in [0, 0.05) is 17.7 Å². The summed E-state index contributed by atoms with van der Waals surface area (Å²) in [7, 11) is 4.45.